The van der Waals surface area contributed by atoms with Crippen LogP contribution in [0.1, 0.15) is 68.3 Å². The zero-order valence-electron chi connectivity index (χ0n) is 14.0. The van der Waals surface area contributed by atoms with Crippen LogP contribution in [0.25, 0.3) is 0 Å². The molecule has 0 bridgehead atoms. The minimum absolute atomic E-state index is 0.371. The molecule has 1 saturated heterocycles. The third kappa shape index (κ3) is 3.83. The third-order valence-corrected chi connectivity index (χ3v) is 5.45. The van der Waals surface area contributed by atoms with Gasteiger partial charge in [0.2, 0.25) is 0 Å². The second-order valence-corrected chi connectivity index (χ2v) is 7.57. The molecule has 2 heterocycles. The summed E-state index contributed by atoms with van der Waals surface area (Å²) in [6.45, 7) is 4.77. The summed E-state index contributed by atoms with van der Waals surface area (Å²) in [6.07, 6.45) is 8.59. The van der Waals surface area contributed by atoms with E-state index in [0.717, 1.165) is 31.0 Å². The van der Waals surface area contributed by atoms with Crippen molar-refractivity contribution in [2.45, 2.75) is 62.8 Å². The Morgan fingerprint density at radius 2 is 1.91 bits per heavy atom. The van der Waals surface area contributed by atoms with Crippen LogP contribution in [-0.2, 0) is 0 Å². The number of aromatic nitrogens is 2. The molecule has 4 rings (SSSR count). The highest BCUT2D eigenvalue weighted by atomic mass is 15.1. The summed E-state index contributed by atoms with van der Waals surface area (Å²) in [5, 5.41) is 3.54. The van der Waals surface area contributed by atoms with Gasteiger partial charge in [-0.05, 0) is 64.6 Å². The van der Waals surface area contributed by atoms with Crippen LogP contribution in [0.3, 0.4) is 0 Å². The number of anilines is 1. The maximum Gasteiger partial charge on any atom is 0.134 e. The summed E-state index contributed by atoms with van der Waals surface area (Å²) < 4.78 is 0. The predicted octanol–water partition coefficient (Wildman–Crippen LogP) is 2.46. The Kier molecular flexibility index (Phi) is 4.49. The largest absolute Gasteiger partial charge is 0.370 e. The summed E-state index contributed by atoms with van der Waals surface area (Å²) in [5.74, 6) is 3.24. The van der Waals surface area contributed by atoms with E-state index >= 15 is 0 Å². The summed E-state index contributed by atoms with van der Waals surface area (Å²) in [6, 6.07) is 2.54. The minimum Gasteiger partial charge on any atom is -0.370 e. The number of hydrogen-bond acceptors (Lipinski definition) is 5. The number of hydrogen-bond donors (Lipinski definition) is 2. The molecule has 2 aliphatic carbocycles. The SMILES string of the molecule is NC1CC(c2cc(NCCCN3CCCC3)nc(C3CC3)n2)C1. The van der Waals surface area contributed by atoms with Gasteiger partial charge in [-0.25, -0.2) is 9.97 Å². The van der Waals surface area contributed by atoms with E-state index in [0.29, 0.717) is 17.9 Å². The molecule has 0 radical (unpaired) electrons. The molecule has 3 aliphatic rings. The van der Waals surface area contributed by atoms with Crippen LogP contribution in [0.15, 0.2) is 6.07 Å². The normalized spacial score (nSPS) is 27.9. The molecule has 0 aromatic carbocycles. The van der Waals surface area contributed by atoms with E-state index in [1.165, 1.54) is 57.4 Å². The molecule has 1 aromatic rings. The summed E-state index contributed by atoms with van der Waals surface area (Å²) in [4.78, 5) is 12.2. The first-order valence-corrected chi connectivity index (χ1v) is 9.38. The lowest BCUT2D eigenvalue weighted by molar-refractivity contribution is 0.337. The van der Waals surface area contributed by atoms with Gasteiger partial charge in [0.25, 0.3) is 0 Å². The monoisotopic (exact) mass is 315 g/mol. The number of nitrogens with zero attached hydrogens (tertiary/aromatic N) is 3. The van der Waals surface area contributed by atoms with E-state index in [2.05, 4.69) is 16.3 Å². The van der Waals surface area contributed by atoms with Crippen LogP contribution in [-0.4, -0.2) is 47.1 Å². The Morgan fingerprint density at radius 1 is 1.13 bits per heavy atom. The lowest BCUT2D eigenvalue weighted by Crippen LogP contribution is -2.35. The molecule has 5 heteroatoms. The first kappa shape index (κ1) is 15.3. The van der Waals surface area contributed by atoms with E-state index in [9.17, 15) is 0 Å². The molecule has 0 atom stereocenters. The van der Waals surface area contributed by atoms with Gasteiger partial charge in [0, 0.05) is 36.2 Å². The quantitative estimate of drug-likeness (QED) is 0.757. The molecule has 0 spiro atoms. The van der Waals surface area contributed by atoms with Crippen LogP contribution >= 0.6 is 0 Å². The minimum atomic E-state index is 0.371. The van der Waals surface area contributed by atoms with Crippen LogP contribution in [0.4, 0.5) is 5.82 Å². The van der Waals surface area contributed by atoms with E-state index in [1.807, 2.05) is 0 Å². The van der Waals surface area contributed by atoms with E-state index in [4.69, 9.17) is 15.7 Å². The molecule has 0 unspecified atom stereocenters. The van der Waals surface area contributed by atoms with Crippen molar-refractivity contribution in [3.63, 3.8) is 0 Å². The molecule has 3 N–H and O–H groups in total. The number of likely N-dealkylation sites (tertiary alicyclic amines) is 1. The lowest BCUT2D eigenvalue weighted by atomic mass is 9.78. The zero-order chi connectivity index (χ0) is 15.6. The average Bonchev–Trinajstić information content (AvgIpc) is 3.25. The van der Waals surface area contributed by atoms with Crippen molar-refractivity contribution in [3.8, 4) is 0 Å². The van der Waals surface area contributed by atoms with Gasteiger partial charge in [-0.2, -0.15) is 0 Å². The number of nitrogens with one attached hydrogen (secondary N) is 1. The Morgan fingerprint density at radius 3 is 2.61 bits per heavy atom. The Labute approximate surface area is 139 Å². The molecule has 1 aromatic heterocycles. The van der Waals surface area contributed by atoms with Crippen LogP contribution in [0, 0.1) is 0 Å². The van der Waals surface area contributed by atoms with E-state index in [1.54, 1.807) is 0 Å². The molecule has 126 valence electrons. The average molecular weight is 315 g/mol. The molecular formula is C18H29N5. The highest BCUT2D eigenvalue weighted by Crippen LogP contribution is 2.41. The lowest BCUT2D eigenvalue weighted by Gasteiger charge is -2.32. The summed E-state index contributed by atoms with van der Waals surface area (Å²) in [7, 11) is 0. The van der Waals surface area contributed by atoms with Gasteiger partial charge >= 0.3 is 0 Å². The van der Waals surface area contributed by atoms with Crippen LogP contribution < -0.4 is 11.1 Å². The Bertz CT molecular complexity index is 530. The second-order valence-electron chi connectivity index (χ2n) is 7.57. The van der Waals surface area contributed by atoms with Gasteiger partial charge in [-0.1, -0.05) is 0 Å². The third-order valence-electron chi connectivity index (χ3n) is 5.45. The van der Waals surface area contributed by atoms with Crippen molar-refractivity contribution in [2.75, 3.05) is 31.5 Å². The molecule has 5 nitrogen and oxygen atoms in total. The van der Waals surface area contributed by atoms with E-state index in [-0.39, 0.29) is 0 Å². The highest BCUT2D eigenvalue weighted by molar-refractivity contribution is 5.38. The second kappa shape index (κ2) is 6.73. The Balaban J connectivity index is 1.34. The number of nitrogens with two attached hydrogens (primary N) is 1. The van der Waals surface area contributed by atoms with Crippen LogP contribution in [0.5, 0.6) is 0 Å². The standard InChI is InChI=1S/C18H29N5/c19-15-10-14(11-15)16-12-17(22-18(21-16)13-4-5-13)20-6-3-9-23-7-1-2-8-23/h12-15H,1-11,19H2,(H,20,21,22). The molecule has 23 heavy (non-hydrogen) atoms. The van der Waals surface area contributed by atoms with Gasteiger partial charge in [0.15, 0.2) is 0 Å². The zero-order valence-corrected chi connectivity index (χ0v) is 14.0. The predicted molar refractivity (Wildman–Crippen MR) is 92.7 cm³/mol. The Hall–Kier alpha value is -1.20. The fourth-order valence-electron chi connectivity index (χ4n) is 3.74. The molecule has 1 aliphatic heterocycles. The van der Waals surface area contributed by atoms with E-state index < -0.39 is 0 Å². The molecule has 2 saturated carbocycles. The smallest absolute Gasteiger partial charge is 0.134 e. The number of rotatable bonds is 7. The summed E-state index contributed by atoms with van der Waals surface area (Å²) in [5.41, 5.74) is 7.16. The topological polar surface area (TPSA) is 67.1 Å². The first-order valence-electron chi connectivity index (χ1n) is 9.38. The first-order chi connectivity index (χ1) is 11.3. The van der Waals surface area contributed by atoms with Gasteiger partial charge in [-0.15, -0.1) is 0 Å². The van der Waals surface area contributed by atoms with Crippen molar-refractivity contribution < 1.29 is 0 Å². The van der Waals surface area contributed by atoms with Gasteiger partial charge in [-0.3, -0.25) is 0 Å². The van der Waals surface area contributed by atoms with Crippen molar-refractivity contribution >= 4 is 5.82 Å². The van der Waals surface area contributed by atoms with Crippen molar-refractivity contribution in [2.24, 2.45) is 5.73 Å². The maximum atomic E-state index is 5.95. The highest BCUT2D eigenvalue weighted by Gasteiger charge is 2.32. The fraction of sp³-hybridized carbons (Fsp3) is 0.778. The maximum absolute atomic E-state index is 5.95. The van der Waals surface area contributed by atoms with Crippen molar-refractivity contribution in [1.29, 1.82) is 0 Å². The van der Waals surface area contributed by atoms with Gasteiger partial charge < -0.3 is 16.0 Å². The molecule has 0 amide bonds. The van der Waals surface area contributed by atoms with Crippen LogP contribution in [0.2, 0.25) is 0 Å². The van der Waals surface area contributed by atoms with Crippen molar-refractivity contribution in [3.05, 3.63) is 17.6 Å². The molecule has 3 fully saturated rings. The summed E-state index contributed by atoms with van der Waals surface area (Å²) >= 11 is 0. The molecular weight excluding hydrogens is 286 g/mol. The van der Waals surface area contributed by atoms with Crippen molar-refractivity contribution in [1.82, 2.24) is 14.9 Å². The fourth-order valence-corrected chi connectivity index (χ4v) is 3.74. The van der Waals surface area contributed by atoms with Gasteiger partial charge in [0.1, 0.15) is 11.6 Å². The van der Waals surface area contributed by atoms with Gasteiger partial charge in [0.05, 0.1) is 0 Å².